The van der Waals surface area contributed by atoms with Crippen molar-refractivity contribution in [3.8, 4) is 11.3 Å². The summed E-state index contributed by atoms with van der Waals surface area (Å²) in [6, 6.07) is 10.3. The molecule has 0 spiro atoms. The lowest BCUT2D eigenvalue weighted by atomic mass is 10.1. The molecule has 0 aliphatic carbocycles. The van der Waals surface area contributed by atoms with Crippen LogP contribution in [0.5, 0.6) is 0 Å². The normalized spacial score (nSPS) is 11.1. The highest BCUT2D eigenvalue weighted by Crippen LogP contribution is 2.26. The standard InChI is InChI=1S/C18H23N5/c1-12-7-4-5-8-15(12)16-11-17-21-14(3)13(2)18(23(17)22-16)20-10-6-9-19/h4-5,7-8,11,20H,6,9-10,19H2,1-3H3. The molecule has 5 heteroatoms. The van der Waals surface area contributed by atoms with Crippen LogP contribution < -0.4 is 11.1 Å². The van der Waals surface area contributed by atoms with E-state index in [1.807, 2.05) is 29.6 Å². The minimum Gasteiger partial charge on any atom is -0.370 e. The molecule has 0 fully saturated rings. The predicted molar refractivity (Wildman–Crippen MR) is 94.8 cm³/mol. The van der Waals surface area contributed by atoms with Gasteiger partial charge in [-0.05, 0) is 39.3 Å². The van der Waals surface area contributed by atoms with Gasteiger partial charge in [0.15, 0.2) is 5.65 Å². The van der Waals surface area contributed by atoms with Crippen LogP contribution in [0.2, 0.25) is 0 Å². The first-order valence-corrected chi connectivity index (χ1v) is 7.98. The van der Waals surface area contributed by atoms with Crippen LogP contribution in [0.25, 0.3) is 16.9 Å². The Morgan fingerprint density at radius 2 is 1.96 bits per heavy atom. The van der Waals surface area contributed by atoms with Gasteiger partial charge in [0.2, 0.25) is 0 Å². The molecule has 0 bridgehead atoms. The highest BCUT2D eigenvalue weighted by Gasteiger charge is 2.13. The zero-order valence-corrected chi connectivity index (χ0v) is 13.9. The Morgan fingerprint density at radius 1 is 1.17 bits per heavy atom. The average molecular weight is 309 g/mol. The summed E-state index contributed by atoms with van der Waals surface area (Å²) < 4.78 is 1.90. The topological polar surface area (TPSA) is 68.2 Å². The highest BCUT2D eigenvalue weighted by atomic mass is 15.3. The molecule has 3 aromatic rings. The van der Waals surface area contributed by atoms with Gasteiger partial charge in [-0.1, -0.05) is 24.3 Å². The summed E-state index contributed by atoms with van der Waals surface area (Å²) >= 11 is 0. The van der Waals surface area contributed by atoms with Gasteiger partial charge >= 0.3 is 0 Å². The van der Waals surface area contributed by atoms with Crippen molar-refractivity contribution in [1.82, 2.24) is 14.6 Å². The van der Waals surface area contributed by atoms with Gasteiger partial charge in [0.1, 0.15) is 5.82 Å². The van der Waals surface area contributed by atoms with E-state index in [1.54, 1.807) is 0 Å². The van der Waals surface area contributed by atoms with E-state index in [9.17, 15) is 0 Å². The number of nitrogens with two attached hydrogens (primary N) is 1. The number of benzene rings is 1. The van der Waals surface area contributed by atoms with Crippen LogP contribution in [0.15, 0.2) is 30.3 Å². The van der Waals surface area contributed by atoms with Crippen molar-refractivity contribution in [3.63, 3.8) is 0 Å². The summed E-state index contributed by atoms with van der Waals surface area (Å²) in [5.74, 6) is 1.00. The van der Waals surface area contributed by atoms with E-state index in [0.717, 1.165) is 46.9 Å². The molecular weight excluding hydrogens is 286 g/mol. The van der Waals surface area contributed by atoms with Crippen LogP contribution in [0, 0.1) is 20.8 Å². The smallest absolute Gasteiger partial charge is 0.158 e. The zero-order valence-electron chi connectivity index (χ0n) is 13.9. The van der Waals surface area contributed by atoms with Crippen molar-refractivity contribution < 1.29 is 0 Å². The molecule has 0 unspecified atom stereocenters. The quantitative estimate of drug-likeness (QED) is 0.711. The van der Waals surface area contributed by atoms with Crippen molar-refractivity contribution in [2.75, 3.05) is 18.4 Å². The first-order chi connectivity index (χ1) is 11.1. The van der Waals surface area contributed by atoms with Gasteiger partial charge in [-0.3, -0.25) is 0 Å². The average Bonchev–Trinajstić information content (AvgIpc) is 2.95. The van der Waals surface area contributed by atoms with Gasteiger partial charge in [-0.15, -0.1) is 0 Å². The van der Waals surface area contributed by atoms with Gasteiger partial charge in [0, 0.05) is 29.4 Å². The molecule has 3 rings (SSSR count). The van der Waals surface area contributed by atoms with Crippen LogP contribution in [0.3, 0.4) is 0 Å². The Morgan fingerprint density at radius 3 is 2.70 bits per heavy atom. The van der Waals surface area contributed by atoms with Gasteiger partial charge < -0.3 is 11.1 Å². The zero-order chi connectivity index (χ0) is 16.4. The minimum atomic E-state index is 0.673. The summed E-state index contributed by atoms with van der Waals surface area (Å²) in [6.07, 6.45) is 0.925. The van der Waals surface area contributed by atoms with Crippen LogP contribution in [-0.2, 0) is 0 Å². The molecule has 23 heavy (non-hydrogen) atoms. The molecule has 2 heterocycles. The van der Waals surface area contributed by atoms with Crippen LogP contribution in [0.4, 0.5) is 5.82 Å². The largest absolute Gasteiger partial charge is 0.370 e. The summed E-state index contributed by atoms with van der Waals surface area (Å²) in [7, 11) is 0. The summed E-state index contributed by atoms with van der Waals surface area (Å²) in [5.41, 5.74) is 11.9. The third-order valence-corrected chi connectivity index (χ3v) is 4.18. The summed E-state index contributed by atoms with van der Waals surface area (Å²) in [6.45, 7) is 7.71. The molecule has 5 nitrogen and oxygen atoms in total. The van der Waals surface area contributed by atoms with E-state index >= 15 is 0 Å². The van der Waals surface area contributed by atoms with Crippen LogP contribution in [-0.4, -0.2) is 27.7 Å². The monoisotopic (exact) mass is 309 g/mol. The number of hydrogen-bond donors (Lipinski definition) is 2. The first kappa shape index (κ1) is 15.5. The predicted octanol–water partition coefficient (Wildman–Crippen LogP) is 3.08. The molecule has 3 N–H and O–H groups in total. The Bertz CT molecular complexity index is 835. The molecule has 2 aromatic heterocycles. The first-order valence-electron chi connectivity index (χ1n) is 7.98. The number of nitrogens with one attached hydrogen (secondary N) is 1. The van der Waals surface area contributed by atoms with Crippen molar-refractivity contribution in [2.45, 2.75) is 27.2 Å². The van der Waals surface area contributed by atoms with E-state index in [4.69, 9.17) is 10.8 Å². The Balaban J connectivity index is 2.11. The lowest BCUT2D eigenvalue weighted by molar-refractivity contribution is 0.846. The number of aromatic nitrogens is 3. The number of fused-ring (bicyclic) bond motifs is 1. The molecule has 0 saturated heterocycles. The van der Waals surface area contributed by atoms with Crippen molar-refractivity contribution in [3.05, 3.63) is 47.2 Å². The summed E-state index contributed by atoms with van der Waals surface area (Å²) in [5, 5.41) is 8.24. The van der Waals surface area contributed by atoms with E-state index in [1.165, 1.54) is 5.56 Å². The lowest BCUT2D eigenvalue weighted by Gasteiger charge is -2.12. The van der Waals surface area contributed by atoms with Crippen molar-refractivity contribution in [1.29, 1.82) is 0 Å². The van der Waals surface area contributed by atoms with Gasteiger partial charge in [0.05, 0.1) is 5.69 Å². The van der Waals surface area contributed by atoms with Crippen molar-refractivity contribution >= 4 is 11.5 Å². The third kappa shape index (κ3) is 2.92. The molecule has 0 aliphatic heterocycles. The fraction of sp³-hybridized carbons (Fsp3) is 0.333. The van der Waals surface area contributed by atoms with Gasteiger partial charge in [-0.2, -0.15) is 9.61 Å². The Hall–Kier alpha value is -2.40. The molecule has 0 saturated carbocycles. The number of nitrogens with zero attached hydrogens (tertiary/aromatic N) is 3. The molecule has 0 atom stereocenters. The maximum absolute atomic E-state index is 5.60. The minimum absolute atomic E-state index is 0.673. The number of rotatable bonds is 5. The number of hydrogen-bond acceptors (Lipinski definition) is 4. The molecular formula is C18H23N5. The molecule has 0 radical (unpaired) electrons. The fourth-order valence-corrected chi connectivity index (χ4v) is 2.71. The second-order valence-corrected chi connectivity index (χ2v) is 5.85. The number of anilines is 1. The van der Waals surface area contributed by atoms with Gasteiger partial charge in [0.25, 0.3) is 0 Å². The maximum Gasteiger partial charge on any atom is 0.158 e. The maximum atomic E-state index is 5.60. The van der Waals surface area contributed by atoms with Crippen LogP contribution >= 0.6 is 0 Å². The molecule has 1 aromatic carbocycles. The van der Waals surface area contributed by atoms with Crippen molar-refractivity contribution in [2.24, 2.45) is 5.73 Å². The summed E-state index contributed by atoms with van der Waals surface area (Å²) in [4.78, 5) is 4.68. The van der Waals surface area contributed by atoms with Gasteiger partial charge in [-0.25, -0.2) is 4.98 Å². The van der Waals surface area contributed by atoms with E-state index < -0.39 is 0 Å². The lowest BCUT2D eigenvalue weighted by Crippen LogP contribution is -2.13. The van der Waals surface area contributed by atoms with E-state index in [-0.39, 0.29) is 0 Å². The molecule has 0 amide bonds. The highest BCUT2D eigenvalue weighted by molar-refractivity contribution is 5.69. The fourth-order valence-electron chi connectivity index (χ4n) is 2.71. The Kier molecular flexibility index (Phi) is 4.30. The second kappa shape index (κ2) is 6.38. The second-order valence-electron chi connectivity index (χ2n) is 5.85. The molecule has 120 valence electrons. The molecule has 0 aliphatic rings. The van der Waals surface area contributed by atoms with E-state index in [2.05, 4.69) is 36.3 Å². The third-order valence-electron chi connectivity index (χ3n) is 4.18. The van der Waals surface area contributed by atoms with Crippen LogP contribution in [0.1, 0.15) is 23.2 Å². The van der Waals surface area contributed by atoms with E-state index in [0.29, 0.717) is 6.54 Å². The SMILES string of the molecule is Cc1ccccc1-c1cc2nc(C)c(C)c(NCCCN)n2n1. The Labute approximate surface area is 136 Å². The number of aryl methyl sites for hydroxylation is 2.